The maximum Gasteiger partial charge on any atom is 0.263 e. The van der Waals surface area contributed by atoms with Crippen molar-refractivity contribution >= 4 is 17.5 Å². The maximum atomic E-state index is 13.3. The third-order valence-electron chi connectivity index (χ3n) is 7.35. The SMILES string of the molecule is COc1cc(C)c(CN2CCN(c3cccc4c3C(=O)N(CC3CCCO3)C4=O)CC2)cc1C. The van der Waals surface area contributed by atoms with Crippen molar-refractivity contribution in [2.45, 2.75) is 39.3 Å². The summed E-state index contributed by atoms with van der Waals surface area (Å²) >= 11 is 0. The van der Waals surface area contributed by atoms with Gasteiger partial charge in [-0.2, -0.15) is 0 Å². The highest BCUT2D eigenvalue weighted by Gasteiger charge is 2.40. The Balaban J connectivity index is 1.27. The Hall–Kier alpha value is -2.90. The van der Waals surface area contributed by atoms with Crippen molar-refractivity contribution in [1.29, 1.82) is 0 Å². The molecule has 3 heterocycles. The number of hydrogen-bond acceptors (Lipinski definition) is 6. The van der Waals surface area contributed by atoms with E-state index in [2.05, 4.69) is 35.8 Å². The molecule has 0 aliphatic carbocycles. The summed E-state index contributed by atoms with van der Waals surface area (Å²) in [7, 11) is 1.71. The number of rotatable bonds is 6. The molecule has 7 nitrogen and oxygen atoms in total. The molecule has 2 saturated heterocycles. The number of anilines is 1. The van der Waals surface area contributed by atoms with Gasteiger partial charge in [-0.15, -0.1) is 0 Å². The maximum absolute atomic E-state index is 13.3. The number of aryl methyl sites for hydroxylation is 2. The number of benzene rings is 2. The molecular weight excluding hydrogens is 430 g/mol. The molecule has 0 aromatic heterocycles. The zero-order chi connectivity index (χ0) is 23.8. The molecule has 2 aromatic rings. The van der Waals surface area contributed by atoms with E-state index < -0.39 is 0 Å². The zero-order valence-electron chi connectivity index (χ0n) is 20.3. The van der Waals surface area contributed by atoms with E-state index in [0.717, 1.165) is 62.6 Å². The van der Waals surface area contributed by atoms with E-state index in [-0.39, 0.29) is 17.9 Å². The van der Waals surface area contributed by atoms with Crippen LogP contribution in [0.25, 0.3) is 0 Å². The van der Waals surface area contributed by atoms with Crippen molar-refractivity contribution in [3.8, 4) is 5.75 Å². The van der Waals surface area contributed by atoms with Crippen molar-refractivity contribution in [1.82, 2.24) is 9.80 Å². The molecule has 2 aromatic carbocycles. The molecule has 180 valence electrons. The molecule has 1 atom stereocenters. The Morgan fingerprint density at radius 3 is 2.53 bits per heavy atom. The molecule has 3 aliphatic rings. The largest absolute Gasteiger partial charge is 0.496 e. The molecule has 0 N–H and O–H groups in total. The predicted molar refractivity (Wildman–Crippen MR) is 131 cm³/mol. The number of amides is 2. The van der Waals surface area contributed by atoms with Crippen LogP contribution in [0.15, 0.2) is 30.3 Å². The second-order valence-electron chi connectivity index (χ2n) is 9.57. The minimum Gasteiger partial charge on any atom is -0.496 e. The van der Waals surface area contributed by atoms with Crippen molar-refractivity contribution in [3.05, 3.63) is 58.1 Å². The summed E-state index contributed by atoms with van der Waals surface area (Å²) in [5.41, 5.74) is 5.66. The zero-order valence-corrected chi connectivity index (χ0v) is 20.3. The van der Waals surface area contributed by atoms with Crippen LogP contribution in [0.2, 0.25) is 0 Å². The molecule has 5 rings (SSSR count). The standard InChI is InChI=1S/C27H33N3O4/c1-18-15-24(33-3)19(2)14-20(18)16-28-9-11-29(12-10-28)23-8-4-7-22-25(23)27(32)30(26(22)31)17-21-6-5-13-34-21/h4,7-8,14-15,21H,5-6,9-13,16-17H2,1-3H3. The van der Waals surface area contributed by atoms with E-state index in [1.54, 1.807) is 13.2 Å². The number of ether oxygens (including phenoxy) is 2. The van der Waals surface area contributed by atoms with Gasteiger partial charge in [0, 0.05) is 39.3 Å². The lowest BCUT2D eigenvalue weighted by Crippen LogP contribution is -2.46. The summed E-state index contributed by atoms with van der Waals surface area (Å²) in [4.78, 5) is 32.4. The first kappa shape index (κ1) is 22.9. The summed E-state index contributed by atoms with van der Waals surface area (Å²) < 4.78 is 11.1. The molecule has 2 fully saturated rings. The molecular formula is C27H33N3O4. The number of methoxy groups -OCH3 is 1. The first-order valence-electron chi connectivity index (χ1n) is 12.2. The number of fused-ring (bicyclic) bond motifs is 1. The van der Waals surface area contributed by atoms with Crippen LogP contribution in [0.5, 0.6) is 5.75 Å². The van der Waals surface area contributed by atoms with Crippen LogP contribution < -0.4 is 9.64 Å². The van der Waals surface area contributed by atoms with E-state index in [4.69, 9.17) is 9.47 Å². The Morgan fingerprint density at radius 1 is 1.03 bits per heavy atom. The monoisotopic (exact) mass is 463 g/mol. The Morgan fingerprint density at radius 2 is 1.82 bits per heavy atom. The summed E-state index contributed by atoms with van der Waals surface area (Å²) in [6.07, 6.45) is 1.84. The molecule has 1 unspecified atom stereocenters. The van der Waals surface area contributed by atoms with Gasteiger partial charge in [-0.25, -0.2) is 0 Å². The number of carbonyl (C=O) groups is 2. The van der Waals surface area contributed by atoms with Crippen LogP contribution in [0.3, 0.4) is 0 Å². The van der Waals surface area contributed by atoms with Gasteiger partial charge in [-0.1, -0.05) is 12.1 Å². The number of nitrogens with zero attached hydrogens (tertiary/aromatic N) is 3. The summed E-state index contributed by atoms with van der Waals surface area (Å²) in [5, 5.41) is 0. The quantitative estimate of drug-likeness (QED) is 0.612. The molecule has 0 bridgehead atoms. The third-order valence-corrected chi connectivity index (χ3v) is 7.35. The Bertz CT molecular complexity index is 1100. The summed E-state index contributed by atoms with van der Waals surface area (Å²) in [5.74, 6) is 0.552. The van der Waals surface area contributed by atoms with Gasteiger partial charge in [0.1, 0.15) is 5.75 Å². The lowest BCUT2D eigenvalue weighted by molar-refractivity contribution is 0.0475. The van der Waals surface area contributed by atoms with Gasteiger partial charge in [-0.3, -0.25) is 19.4 Å². The van der Waals surface area contributed by atoms with E-state index in [9.17, 15) is 9.59 Å². The number of piperazine rings is 1. The fraction of sp³-hybridized carbons (Fsp3) is 0.481. The molecule has 0 radical (unpaired) electrons. The third kappa shape index (κ3) is 4.18. The number of hydrogen-bond donors (Lipinski definition) is 0. The summed E-state index contributed by atoms with van der Waals surface area (Å²) in [6, 6.07) is 9.98. The first-order valence-corrected chi connectivity index (χ1v) is 12.2. The van der Waals surface area contributed by atoms with Crippen molar-refractivity contribution in [2.24, 2.45) is 0 Å². The Labute approximate surface area is 201 Å². The lowest BCUT2D eigenvalue weighted by atomic mass is 10.0. The van der Waals surface area contributed by atoms with Gasteiger partial charge >= 0.3 is 0 Å². The van der Waals surface area contributed by atoms with Gasteiger partial charge in [0.25, 0.3) is 11.8 Å². The average molecular weight is 464 g/mol. The van der Waals surface area contributed by atoms with Crippen LogP contribution in [-0.2, 0) is 11.3 Å². The van der Waals surface area contributed by atoms with Gasteiger partial charge in [0.05, 0.1) is 36.6 Å². The number of imide groups is 1. The minimum absolute atomic E-state index is 0.0424. The fourth-order valence-corrected chi connectivity index (χ4v) is 5.36. The molecule has 3 aliphatic heterocycles. The molecule has 0 saturated carbocycles. The van der Waals surface area contributed by atoms with Crippen molar-refractivity contribution in [3.63, 3.8) is 0 Å². The van der Waals surface area contributed by atoms with Crippen molar-refractivity contribution < 1.29 is 19.1 Å². The smallest absolute Gasteiger partial charge is 0.263 e. The van der Waals surface area contributed by atoms with Crippen molar-refractivity contribution in [2.75, 3.05) is 51.3 Å². The lowest BCUT2D eigenvalue weighted by Gasteiger charge is -2.37. The molecule has 0 spiro atoms. The predicted octanol–water partition coefficient (Wildman–Crippen LogP) is 3.41. The van der Waals surface area contributed by atoms with E-state index >= 15 is 0 Å². The van der Waals surface area contributed by atoms with Gasteiger partial charge in [0.2, 0.25) is 0 Å². The molecule has 7 heteroatoms. The first-order chi connectivity index (χ1) is 16.5. The topological polar surface area (TPSA) is 62.3 Å². The van der Waals surface area contributed by atoms with E-state index in [1.165, 1.54) is 16.0 Å². The van der Waals surface area contributed by atoms with E-state index in [0.29, 0.717) is 24.3 Å². The van der Waals surface area contributed by atoms with Gasteiger partial charge < -0.3 is 14.4 Å². The van der Waals surface area contributed by atoms with Crippen LogP contribution in [-0.4, -0.2) is 74.2 Å². The van der Waals surface area contributed by atoms with Gasteiger partial charge in [-0.05, 0) is 61.6 Å². The van der Waals surface area contributed by atoms with E-state index in [1.807, 2.05) is 12.1 Å². The van der Waals surface area contributed by atoms with Crippen LogP contribution in [0, 0.1) is 13.8 Å². The average Bonchev–Trinajstić information content (AvgIpc) is 3.44. The molecule has 34 heavy (non-hydrogen) atoms. The molecule has 2 amide bonds. The summed E-state index contributed by atoms with van der Waals surface area (Å²) in [6.45, 7) is 9.59. The second kappa shape index (κ2) is 9.39. The second-order valence-corrected chi connectivity index (χ2v) is 9.57. The van der Waals surface area contributed by atoms with Gasteiger partial charge in [0.15, 0.2) is 0 Å². The highest BCUT2D eigenvalue weighted by Crippen LogP contribution is 2.33. The van der Waals surface area contributed by atoms with Crippen LogP contribution in [0.4, 0.5) is 5.69 Å². The highest BCUT2D eigenvalue weighted by molar-refractivity contribution is 6.23. The normalized spacial score (nSPS) is 20.9. The van der Waals surface area contributed by atoms with Crippen LogP contribution in [0.1, 0.15) is 50.2 Å². The fourth-order valence-electron chi connectivity index (χ4n) is 5.36. The number of carbonyl (C=O) groups excluding carboxylic acids is 2. The highest BCUT2D eigenvalue weighted by atomic mass is 16.5. The Kier molecular flexibility index (Phi) is 6.32. The minimum atomic E-state index is -0.193. The van der Waals surface area contributed by atoms with Crippen LogP contribution >= 0.6 is 0 Å².